The number of nitrogens with zero attached hydrogens (tertiary/aromatic N) is 4. The fourth-order valence-corrected chi connectivity index (χ4v) is 3.61. The topological polar surface area (TPSA) is 140 Å². The van der Waals surface area contributed by atoms with Gasteiger partial charge in [-0.2, -0.15) is 15.0 Å². The average molecular weight is 403 g/mol. The van der Waals surface area contributed by atoms with Crippen LogP contribution < -0.4 is 21.7 Å². The number of carbonyl (C=O) groups is 2. The second-order valence-electron chi connectivity index (χ2n) is 7.08. The maximum atomic E-state index is 11.8. The normalized spacial score (nSPS) is 15.0. The highest BCUT2D eigenvalue weighted by Crippen LogP contribution is 2.38. The van der Waals surface area contributed by atoms with Crippen molar-refractivity contribution in [2.45, 2.75) is 25.9 Å². The van der Waals surface area contributed by atoms with E-state index in [9.17, 15) is 9.59 Å². The van der Waals surface area contributed by atoms with Gasteiger partial charge in [-0.15, -0.1) is 0 Å². The van der Waals surface area contributed by atoms with E-state index in [1.165, 1.54) is 0 Å². The first kappa shape index (κ1) is 19.3. The van der Waals surface area contributed by atoms with Gasteiger partial charge in [0, 0.05) is 23.8 Å². The molecule has 9 heteroatoms. The summed E-state index contributed by atoms with van der Waals surface area (Å²) in [6.07, 6.45) is 0.596. The second-order valence-corrected chi connectivity index (χ2v) is 7.08. The Labute approximate surface area is 173 Å². The van der Waals surface area contributed by atoms with Gasteiger partial charge in [0.25, 0.3) is 5.91 Å². The summed E-state index contributed by atoms with van der Waals surface area (Å²) in [7, 11) is 0. The molecule has 0 fully saturated rings. The molecule has 30 heavy (non-hydrogen) atoms. The van der Waals surface area contributed by atoms with Crippen molar-refractivity contribution >= 4 is 29.4 Å². The Morgan fingerprint density at radius 2 is 1.80 bits per heavy atom. The molecule has 2 aromatic carbocycles. The van der Waals surface area contributed by atoms with Crippen LogP contribution in [0.4, 0.5) is 17.6 Å². The molecule has 0 bridgehead atoms. The molecule has 0 saturated heterocycles. The van der Waals surface area contributed by atoms with Crippen molar-refractivity contribution in [2.24, 2.45) is 11.5 Å². The smallest absolute Gasteiger partial charge is 0.286 e. The molecule has 1 aromatic heterocycles. The summed E-state index contributed by atoms with van der Waals surface area (Å²) < 4.78 is 0. The van der Waals surface area contributed by atoms with E-state index >= 15 is 0 Å². The number of nitrogens with one attached hydrogen (secondary N) is 1. The maximum absolute atomic E-state index is 11.8. The largest absolute Gasteiger partial charge is 0.366 e. The lowest BCUT2D eigenvalue weighted by Crippen LogP contribution is -2.28. The molecule has 0 radical (unpaired) electrons. The molecule has 4 rings (SSSR count). The first-order valence-corrected chi connectivity index (χ1v) is 9.48. The maximum Gasteiger partial charge on any atom is 0.286 e. The van der Waals surface area contributed by atoms with Gasteiger partial charge in [-0.3, -0.25) is 9.59 Å². The minimum atomic E-state index is -0.751. The van der Waals surface area contributed by atoms with Gasteiger partial charge in [0.15, 0.2) is 0 Å². The van der Waals surface area contributed by atoms with Crippen LogP contribution in [0.25, 0.3) is 0 Å². The quantitative estimate of drug-likeness (QED) is 0.569. The van der Waals surface area contributed by atoms with Crippen LogP contribution in [0.2, 0.25) is 0 Å². The summed E-state index contributed by atoms with van der Waals surface area (Å²) in [5, 5.41) is 3.12. The van der Waals surface area contributed by atoms with Crippen LogP contribution in [0.15, 0.2) is 48.5 Å². The molecule has 0 spiro atoms. The van der Waals surface area contributed by atoms with E-state index in [-0.39, 0.29) is 23.8 Å². The fourth-order valence-electron chi connectivity index (χ4n) is 3.61. The molecule has 2 amide bonds. The zero-order valence-corrected chi connectivity index (χ0v) is 16.4. The van der Waals surface area contributed by atoms with Crippen LogP contribution in [-0.2, 0) is 13.0 Å². The zero-order chi connectivity index (χ0) is 21.3. The summed E-state index contributed by atoms with van der Waals surface area (Å²) in [5.41, 5.74) is 14.1. The molecule has 0 aliphatic carbocycles. The summed E-state index contributed by atoms with van der Waals surface area (Å²) in [6.45, 7) is 2.45. The number of aromatic nitrogens is 3. The highest BCUT2D eigenvalue weighted by Gasteiger charge is 2.32. The minimum absolute atomic E-state index is 0.0504. The van der Waals surface area contributed by atoms with Crippen molar-refractivity contribution in [2.75, 3.05) is 10.2 Å². The number of anilines is 3. The van der Waals surface area contributed by atoms with Crippen molar-refractivity contribution in [3.05, 3.63) is 71.0 Å². The molecule has 1 aliphatic heterocycles. The van der Waals surface area contributed by atoms with Gasteiger partial charge in [0.1, 0.15) is 0 Å². The lowest BCUT2D eigenvalue weighted by molar-refractivity contribution is 0.0985. The third-order valence-electron chi connectivity index (χ3n) is 4.97. The van der Waals surface area contributed by atoms with Crippen molar-refractivity contribution in [3.8, 4) is 0 Å². The third kappa shape index (κ3) is 3.64. The monoisotopic (exact) mass is 403 g/mol. The molecule has 1 unspecified atom stereocenters. The van der Waals surface area contributed by atoms with Crippen LogP contribution in [0.3, 0.4) is 0 Å². The van der Waals surface area contributed by atoms with E-state index in [0.717, 1.165) is 16.8 Å². The number of hydrogen-bond donors (Lipinski definition) is 3. The summed E-state index contributed by atoms with van der Waals surface area (Å²) in [6, 6.07) is 15.0. The van der Waals surface area contributed by atoms with Gasteiger partial charge < -0.3 is 21.7 Å². The number of primary amides is 2. The predicted molar refractivity (Wildman–Crippen MR) is 112 cm³/mol. The molecule has 1 aliphatic rings. The van der Waals surface area contributed by atoms with E-state index in [2.05, 4.69) is 20.3 Å². The number of carbonyl (C=O) groups excluding carboxylic acids is 2. The molecule has 152 valence electrons. The SMILES string of the molecule is CC1Cc2c(C(N)=O)cccc2N1c1nc(NCc2ccccc2)nc(C(N)=O)n1. The van der Waals surface area contributed by atoms with Crippen molar-refractivity contribution < 1.29 is 9.59 Å². The Hall–Kier alpha value is -4.01. The Morgan fingerprint density at radius 3 is 2.50 bits per heavy atom. The van der Waals surface area contributed by atoms with Crippen LogP contribution in [-0.4, -0.2) is 32.8 Å². The van der Waals surface area contributed by atoms with Crippen molar-refractivity contribution in [1.29, 1.82) is 0 Å². The second kappa shape index (κ2) is 7.78. The van der Waals surface area contributed by atoms with Gasteiger partial charge in [-0.05, 0) is 36.6 Å². The molecule has 5 N–H and O–H groups in total. The predicted octanol–water partition coefficient (Wildman–Crippen LogP) is 1.76. The molecule has 2 heterocycles. The number of nitrogens with two attached hydrogens (primary N) is 2. The first-order chi connectivity index (χ1) is 14.4. The van der Waals surface area contributed by atoms with Crippen LogP contribution in [0.5, 0.6) is 0 Å². The van der Waals surface area contributed by atoms with Crippen LogP contribution in [0, 0.1) is 0 Å². The van der Waals surface area contributed by atoms with E-state index in [4.69, 9.17) is 11.5 Å². The van der Waals surface area contributed by atoms with Crippen LogP contribution in [0.1, 0.15) is 39.0 Å². The van der Waals surface area contributed by atoms with E-state index < -0.39 is 11.8 Å². The molecule has 0 saturated carbocycles. The summed E-state index contributed by atoms with van der Waals surface area (Å²) >= 11 is 0. The highest BCUT2D eigenvalue weighted by molar-refractivity contribution is 5.97. The standard InChI is InChI=1S/C21H21N7O2/c1-12-10-15-14(17(22)29)8-5-9-16(15)28(12)21-26-19(18(23)30)25-20(27-21)24-11-13-6-3-2-4-7-13/h2-9,12H,10-11H2,1H3,(H2,22,29)(H2,23,30)(H,24,25,26,27). The number of amides is 2. The number of rotatable bonds is 6. The number of benzene rings is 2. The zero-order valence-electron chi connectivity index (χ0n) is 16.4. The van der Waals surface area contributed by atoms with Gasteiger partial charge in [-0.1, -0.05) is 36.4 Å². The van der Waals surface area contributed by atoms with Gasteiger partial charge >= 0.3 is 0 Å². The summed E-state index contributed by atoms with van der Waals surface area (Å²) in [4.78, 5) is 38.4. The van der Waals surface area contributed by atoms with Crippen molar-refractivity contribution in [1.82, 2.24) is 15.0 Å². The molecule has 9 nitrogen and oxygen atoms in total. The Morgan fingerprint density at radius 1 is 1.03 bits per heavy atom. The minimum Gasteiger partial charge on any atom is -0.366 e. The van der Waals surface area contributed by atoms with E-state index in [1.54, 1.807) is 12.1 Å². The van der Waals surface area contributed by atoms with E-state index in [0.29, 0.717) is 18.5 Å². The van der Waals surface area contributed by atoms with Crippen LogP contribution >= 0.6 is 0 Å². The lowest BCUT2D eigenvalue weighted by Gasteiger charge is -2.23. The molecular formula is C21H21N7O2. The van der Waals surface area contributed by atoms with Gasteiger partial charge in [0.05, 0.1) is 0 Å². The van der Waals surface area contributed by atoms with Gasteiger partial charge in [0.2, 0.25) is 23.6 Å². The first-order valence-electron chi connectivity index (χ1n) is 9.48. The highest BCUT2D eigenvalue weighted by atomic mass is 16.1. The fraction of sp³-hybridized carbons (Fsp3) is 0.190. The summed E-state index contributed by atoms with van der Waals surface area (Å²) in [5.74, 6) is -0.854. The van der Waals surface area contributed by atoms with Crippen molar-refractivity contribution in [3.63, 3.8) is 0 Å². The Bertz CT molecular complexity index is 1120. The molecule has 1 atom stereocenters. The Balaban J connectivity index is 1.72. The molecular weight excluding hydrogens is 382 g/mol. The third-order valence-corrected chi connectivity index (χ3v) is 4.97. The van der Waals surface area contributed by atoms with E-state index in [1.807, 2.05) is 48.2 Å². The lowest BCUT2D eigenvalue weighted by atomic mass is 10.0. The average Bonchev–Trinajstić information content (AvgIpc) is 3.08. The number of fused-ring (bicyclic) bond motifs is 1. The number of hydrogen-bond acceptors (Lipinski definition) is 7. The Kier molecular flexibility index (Phi) is 5.01. The molecule has 3 aromatic rings. The van der Waals surface area contributed by atoms with Gasteiger partial charge in [-0.25, -0.2) is 0 Å².